The van der Waals surface area contributed by atoms with Crippen molar-refractivity contribution in [2.75, 3.05) is 32.7 Å². The van der Waals surface area contributed by atoms with E-state index in [4.69, 9.17) is 5.73 Å². The minimum atomic E-state index is 0.164. The summed E-state index contributed by atoms with van der Waals surface area (Å²) in [5.74, 6) is 0. The van der Waals surface area contributed by atoms with E-state index in [0.717, 1.165) is 6.54 Å². The Bertz CT molecular complexity index is 277. The average molecular weight is 252 g/mol. The molecular formula is C14H28N4. The van der Waals surface area contributed by atoms with E-state index in [1.165, 1.54) is 71.1 Å². The van der Waals surface area contributed by atoms with Crippen molar-refractivity contribution in [2.45, 2.75) is 56.5 Å². The summed E-state index contributed by atoms with van der Waals surface area (Å²) in [5.41, 5.74) is 10.2. The zero-order valence-corrected chi connectivity index (χ0v) is 11.5. The molecule has 2 atom stereocenters. The zero-order chi connectivity index (χ0) is 12.4. The van der Waals surface area contributed by atoms with E-state index in [2.05, 4.69) is 15.3 Å². The molecule has 2 unspecified atom stereocenters. The molecular weight excluding hydrogens is 224 g/mol. The van der Waals surface area contributed by atoms with E-state index in [1.54, 1.807) is 0 Å². The molecule has 3 saturated heterocycles. The zero-order valence-electron chi connectivity index (χ0n) is 11.5. The minimum Gasteiger partial charge on any atom is -0.329 e. The summed E-state index contributed by atoms with van der Waals surface area (Å²) >= 11 is 0. The predicted octanol–water partition coefficient (Wildman–Crippen LogP) is 0.933. The van der Waals surface area contributed by atoms with Gasteiger partial charge in [-0.15, -0.1) is 0 Å². The highest BCUT2D eigenvalue weighted by molar-refractivity contribution is 5.07. The fraction of sp³-hybridized carbons (Fsp3) is 1.00. The van der Waals surface area contributed by atoms with Crippen molar-refractivity contribution < 1.29 is 0 Å². The molecule has 0 radical (unpaired) electrons. The Kier molecular flexibility index (Phi) is 3.89. The van der Waals surface area contributed by atoms with E-state index in [0.29, 0.717) is 6.04 Å². The molecule has 0 aromatic rings. The Balaban J connectivity index is 1.69. The van der Waals surface area contributed by atoms with Crippen molar-refractivity contribution in [1.82, 2.24) is 15.3 Å². The van der Waals surface area contributed by atoms with Crippen molar-refractivity contribution in [1.29, 1.82) is 0 Å². The molecule has 3 aliphatic heterocycles. The van der Waals surface area contributed by atoms with Crippen LogP contribution in [0.1, 0.15) is 44.9 Å². The van der Waals surface area contributed by atoms with Crippen molar-refractivity contribution in [3.8, 4) is 0 Å². The van der Waals surface area contributed by atoms with Crippen molar-refractivity contribution in [3.63, 3.8) is 0 Å². The summed E-state index contributed by atoms with van der Waals surface area (Å²) in [4.78, 5) is 2.67. The molecule has 4 heteroatoms. The van der Waals surface area contributed by atoms with Crippen LogP contribution in [0.2, 0.25) is 0 Å². The lowest BCUT2D eigenvalue weighted by Crippen LogP contribution is -2.65. The first kappa shape index (κ1) is 12.9. The molecule has 0 aromatic carbocycles. The Labute approximate surface area is 111 Å². The molecule has 0 spiro atoms. The van der Waals surface area contributed by atoms with E-state index in [-0.39, 0.29) is 5.54 Å². The predicted molar refractivity (Wildman–Crippen MR) is 74.2 cm³/mol. The fourth-order valence-corrected chi connectivity index (χ4v) is 4.13. The first-order chi connectivity index (χ1) is 8.84. The van der Waals surface area contributed by atoms with Crippen LogP contribution >= 0.6 is 0 Å². The lowest BCUT2D eigenvalue weighted by atomic mass is 9.86. The maximum Gasteiger partial charge on any atom is 0.0614 e. The van der Waals surface area contributed by atoms with Crippen LogP contribution in [0.3, 0.4) is 0 Å². The number of piperidine rings is 2. The normalized spacial score (nSPS) is 38.8. The first-order valence-corrected chi connectivity index (χ1v) is 7.81. The Morgan fingerprint density at radius 1 is 1.00 bits per heavy atom. The van der Waals surface area contributed by atoms with Crippen LogP contribution in [0.4, 0.5) is 0 Å². The number of hydrogen-bond donors (Lipinski definition) is 2. The quantitative estimate of drug-likeness (QED) is 0.784. The number of nitrogens with zero attached hydrogens (tertiary/aromatic N) is 2. The van der Waals surface area contributed by atoms with Crippen molar-refractivity contribution in [3.05, 3.63) is 0 Å². The monoisotopic (exact) mass is 252 g/mol. The molecule has 3 rings (SSSR count). The topological polar surface area (TPSA) is 44.5 Å². The molecule has 0 bridgehead atoms. The molecule has 0 aliphatic carbocycles. The molecule has 3 heterocycles. The number of rotatable bonds is 3. The van der Waals surface area contributed by atoms with Gasteiger partial charge in [0.1, 0.15) is 0 Å². The second-order valence-electron chi connectivity index (χ2n) is 6.32. The highest BCUT2D eigenvalue weighted by atomic mass is 15.5. The maximum absolute atomic E-state index is 6.18. The first-order valence-electron chi connectivity index (χ1n) is 7.81. The summed E-state index contributed by atoms with van der Waals surface area (Å²) in [5, 5.41) is 2.45. The number of hydrazine groups is 1. The summed E-state index contributed by atoms with van der Waals surface area (Å²) in [6, 6.07) is 0.679. The van der Waals surface area contributed by atoms with Gasteiger partial charge < -0.3 is 5.73 Å². The number of nitrogens with one attached hydrogen (secondary N) is 1. The van der Waals surface area contributed by atoms with E-state index >= 15 is 0 Å². The van der Waals surface area contributed by atoms with Crippen LogP contribution < -0.4 is 11.2 Å². The average Bonchev–Trinajstić information content (AvgIpc) is 2.80. The lowest BCUT2D eigenvalue weighted by molar-refractivity contribution is 0.0477. The molecule has 0 saturated carbocycles. The molecule has 104 valence electrons. The van der Waals surface area contributed by atoms with Gasteiger partial charge in [0.15, 0.2) is 0 Å². The second kappa shape index (κ2) is 5.45. The van der Waals surface area contributed by atoms with Gasteiger partial charge in [-0.05, 0) is 38.6 Å². The van der Waals surface area contributed by atoms with Crippen LogP contribution in [0.5, 0.6) is 0 Å². The molecule has 3 aliphatic rings. The van der Waals surface area contributed by atoms with Crippen LogP contribution in [0.15, 0.2) is 0 Å². The fourth-order valence-electron chi connectivity index (χ4n) is 4.13. The smallest absolute Gasteiger partial charge is 0.0614 e. The molecule has 4 nitrogen and oxygen atoms in total. The number of nitrogens with two attached hydrogens (primary N) is 1. The van der Waals surface area contributed by atoms with Gasteiger partial charge in [-0.25, -0.2) is 10.4 Å². The van der Waals surface area contributed by atoms with Crippen LogP contribution in [-0.4, -0.2) is 54.2 Å². The summed E-state index contributed by atoms with van der Waals surface area (Å²) in [6.07, 6.45) is 9.38. The number of hydrogen-bond acceptors (Lipinski definition) is 4. The van der Waals surface area contributed by atoms with Gasteiger partial charge in [0.05, 0.1) is 5.54 Å². The van der Waals surface area contributed by atoms with Gasteiger partial charge in [-0.2, -0.15) is 0 Å². The highest BCUT2D eigenvalue weighted by Gasteiger charge is 2.47. The van der Waals surface area contributed by atoms with Crippen molar-refractivity contribution in [2.24, 2.45) is 5.73 Å². The lowest BCUT2D eigenvalue weighted by Gasteiger charge is -2.44. The maximum atomic E-state index is 6.18. The van der Waals surface area contributed by atoms with E-state index in [1.807, 2.05) is 0 Å². The van der Waals surface area contributed by atoms with Gasteiger partial charge in [0.25, 0.3) is 0 Å². The molecule has 0 amide bonds. The van der Waals surface area contributed by atoms with Gasteiger partial charge >= 0.3 is 0 Å². The second-order valence-corrected chi connectivity index (χ2v) is 6.32. The van der Waals surface area contributed by atoms with E-state index < -0.39 is 0 Å². The highest BCUT2D eigenvalue weighted by Crippen LogP contribution is 2.35. The molecule has 3 fully saturated rings. The molecule has 0 aromatic heterocycles. The minimum absolute atomic E-state index is 0.164. The molecule has 3 N–H and O–H groups in total. The largest absolute Gasteiger partial charge is 0.329 e. The Hall–Kier alpha value is -0.160. The SMILES string of the molecule is NCC1(NN2CCCCC2)CCN2CCCCC21. The van der Waals surface area contributed by atoms with E-state index in [9.17, 15) is 0 Å². The summed E-state index contributed by atoms with van der Waals surface area (Å²) in [7, 11) is 0. The third kappa shape index (κ3) is 2.31. The van der Waals surface area contributed by atoms with Gasteiger partial charge in [-0.1, -0.05) is 12.8 Å². The van der Waals surface area contributed by atoms with Crippen LogP contribution in [-0.2, 0) is 0 Å². The summed E-state index contributed by atoms with van der Waals surface area (Å²) in [6.45, 7) is 5.71. The Morgan fingerprint density at radius 3 is 2.56 bits per heavy atom. The standard InChI is InChI=1S/C14H28N4/c15-12-14(16-18-9-3-1-4-10-18)7-11-17-8-5-2-6-13(14)17/h13,16H,1-12,15H2. The summed E-state index contributed by atoms with van der Waals surface area (Å²) < 4.78 is 0. The van der Waals surface area contributed by atoms with Gasteiger partial charge in [0.2, 0.25) is 0 Å². The Morgan fingerprint density at radius 2 is 1.78 bits per heavy atom. The third-order valence-electron chi connectivity index (χ3n) is 5.20. The van der Waals surface area contributed by atoms with Crippen molar-refractivity contribution >= 4 is 0 Å². The van der Waals surface area contributed by atoms with Gasteiger partial charge in [0, 0.05) is 32.2 Å². The molecule has 18 heavy (non-hydrogen) atoms. The third-order valence-corrected chi connectivity index (χ3v) is 5.20. The number of fused-ring (bicyclic) bond motifs is 1. The van der Waals surface area contributed by atoms with Crippen LogP contribution in [0, 0.1) is 0 Å². The van der Waals surface area contributed by atoms with Crippen LogP contribution in [0.25, 0.3) is 0 Å². The van der Waals surface area contributed by atoms with Gasteiger partial charge in [-0.3, -0.25) is 4.90 Å².